The van der Waals surface area contributed by atoms with E-state index in [0.29, 0.717) is 24.8 Å². The summed E-state index contributed by atoms with van der Waals surface area (Å²) in [4.78, 5) is 18.2. The van der Waals surface area contributed by atoms with Gasteiger partial charge in [0.2, 0.25) is 0 Å². The van der Waals surface area contributed by atoms with E-state index < -0.39 is 0 Å². The number of rotatable bonds is 7. The smallest absolute Gasteiger partial charge is 0.410 e. The Morgan fingerprint density at radius 1 is 1.24 bits per heavy atom. The number of nitrogens with one attached hydrogen (secondary N) is 1. The van der Waals surface area contributed by atoms with Crippen molar-refractivity contribution in [3.05, 3.63) is 76.7 Å². The van der Waals surface area contributed by atoms with Crippen molar-refractivity contribution in [2.24, 2.45) is 0 Å². The minimum atomic E-state index is -0.316. The first-order valence-electron chi connectivity index (χ1n) is 11.4. The SMILES string of the molecule is CCOC(=O)N1CCc2c([nH]c3ccc(Cl)cc23)C1c1ccc(OCCCn2ccnn2)cc1. The van der Waals surface area contributed by atoms with Crippen molar-refractivity contribution < 1.29 is 14.3 Å². The maximum absolute atomic E-state index is 12.8. The number of H-pyrrole nitrogens is 1. The molecule has 1 amide bonds. The average Bonchev–Trinajstić information content (AvgIpc) is 3.49. The highest BCUT2D eigenvalue weighted by atomic mass is 35.5. The van der Waals surface area contributed by atoms with Crippen LogP contribution in [0.5, 0.6) is 5.75 Å². The average molecular weight is 480 g/mol. The Hall–Kier alpha value is -3.52. The summed E-state index contributed by atoms with van der Waals surface area (Å²) >= 11 is 6.27. The molecule has 2 aromatic heterocycles. The zero-order chi connectivity index (χ0) is 23.5. The number of halogens is 1. The molecular formula is C25H26ClN5O3. The quantitative estimate of drug-likeness (QED) is 0.377. The first-order valence-corrected chi connectivity index (χ1v) is 11.8. The number of aromatic nitrogens is 4. The van der Waals surface area contributed by atoms with E-state index in [4.69, 9.17) is 21.1 Å². The number of benzene rings is 2. The topological polar surface area (TPSA) is 85.3 Å². The van der Waals surface area contributed by atoms with Gasteiger partial charge in [-0.2, -0.15) is 0 Å². The predicted octanol–water partition coefficient (Wildman–Crippen LogP) is 4.99. The van der Waals surface area contributed by atoms with Gasteiger partial charge < -0.3 is 14.5 Å². The van der Waals surface area contributed by atoms with E-state index in [1.807, 2.05) is 55.6 Å². The lowest BCUT2D eigenvalue weighted by molar-refractivity contribution is 0.0932. The number of amides is 1. The van der Waals surface area contributed by atoms with Crippen molar-refractivity contribution in [3.8, 4) is 5.75 Å². The highest BCUT2D eigenvalue weighted by Crippen LogP contribution is 2.39. The van der Waals surface area contributed by atoms with Gasteiger partial charge in [-0.25, -0.2) is 4.79 Å². The summed E-state index contributed by atoms with van der Waals surface area (Å²) in [5.41, 5.74) is 4.19. The van der Waals surface area contributed by atoms with Crippen LogP contribution >= 0.6 is 11.6 Å². The molecule has 0 radical (unpaired) electrons. The van der Waals surface area contributed by atoms with Gasteiger partial charge in [0.25, 0.3) is 0 Å². The van der Waals surface area contributed by atoms with E-state index in [1.165, 1.54) is 5.56 Å². The van der Waals surface area contributed by atoms with E-state index in [1.54, 1.807) is 15.8 Å². The van der Waals surface area contributed by atoms with Gasteiger partial charge >= 0.3 is 6.09 Å². The third-order valence-electron chi connectivity index (χ3n) is 6.06. The number of nitrogens with zero attached hydrogens (tertiary/aromatic N) is 4. The van der Waals surface area contributed by atoms with Gasteiger partial charge in [0.1, 0.15) is 11.8 Å². The van der Waals surface area contributed by atoms with Crippen LogP contribution in [0.2, 0.25) is 5.02 Å². The second-order valence-corrected chi connectivity index (χ2v) is 8.63. The molecule has 176 valence electrons. The summed E-state index contributed by atoms with van der Waals surface area (Å²) in [5.74, 6) is 0.782. The van der Waals surface area contributed by atoms with Crippen LogP contribution in [-0.4, -0.2) is 50.7 Å². The van der Waals surface area contributed by atoms with Crippen LogP contribution < -0.4 is 4.74 Å². The fraction of sp³-hybridized carbons (Fsp3) is 0.320. The van der Waals surface area contributed by atoms with Crippen molar-refractivity contribution >= 4 is 28.6 Å². The number of carbonyl (C=O) groups excluding carboxylic acids is 1. The van der Waals surface area contributed by atoms with Gasteiger partial charge in [-0.15, -0.1) is 5.10 Å². The van der Waals surface area contributed by atoms with Gasteiger partial charge in [-0.1, -0.05) is 28.9 Å². The number of aryl methyl sites for hydroxylation is 1. The molecule has 1 unspecified atom stereocenters. The number of fused-ring (bicyclic) bond motifs is 3. The molecule has 1 aliphatic heterocycles. The largest absolute Gasteiger partial charge is 0.494 e. The molecule has 34 heavy (non-hydrogen) atoms. The monoisotopic (exact) mass is 479 g/mol. The standard InChI is InChI=1S/C25H26ClN5O3/c1-2-33-25(32)31-13-10-20-21-16-18(26)6-9-22(21)28-23(20)24(31)17-4-7-19(8-5-17)34-15-3-12-30-14-11-27-29-30/h4-9,11,14,16,24,28H,2-3,10,12-13,15H2,1H3. The fourth-order valence-corrected chi connectivity index (χ4v) is 4.70. The summed E-state index contributed by atoms with van der Waals surface area (Å²) in [6.45, 7) is 4.05. The van der Waals surface area contributed by atoms with Crippen molar-refractivity contribution in [3.63, 3.8) is 0 Å². The van der Waals surface area contributed by atoms with Crippen LogP contribution in [0.4, 0.5) is 4.79 Å². The zero-order valence-electron chi connectivity index (χ0n) is 18.9. The zero-order valence-corrected chi connectivity index (χ0v) is 19.7. The Bertz CT molecular complexity index is 1270. The molecule has 4 aromatic rings. The summed E-state index contributed by atoms with van der Waals surface area (Å²) in [6, 6.07) is 13.5. The third-order valence-corrected chi connectivity index (χ3v) is 6.29. The molecule has 1 aliphatic rings. The lowest BCUT2D eigenvalue weighted by Crippen LogP contribution is -2.40. The van der Waals surface area contributed by atoms with Crippen LogP contribution in [-0.2, 0) is 17.7 Å². The summed E-state index contributed by atoms with van der Waals surface area (Å²) < 4.78 is 13.1. The van der Waals surface area contributed by atoms with Gasteiger partial charge in [0.15, 0.2) is 0 Å². The van der Waals surface area contributed by atoms with E-state index >= 15 is 0 Å². The van der Waals surface area contributed by atoms with Crippen molar-refractivity contribution in [2.45, 2.75) is 32.4 Å². The molecule has 8 nitrogen and oxygen atoms in total. The fourth-order valence-electron chi connectivity index (χ4n) is 4.53. The van der Waals surface area contributed by atoms with E-state index in [-0.39, 0.29) is 12.1 Å². The number of hydrogen-bond acceptors (Lipinski definition) is 5. The van der Waals surface area contributed by atoms with Crippen LogP contribution in [0.15, 0.2) is 54.9 Å². The van der Waals surface area contributed by atoms with Gasteiger partial charge in [0.05, 0.1) is 19.4 Å². The molecule has 1 atom stereocenters. The Labute approximate surface area is 202 Å². The first kappa shape index (κ1) is 22.3. The normalized spacial score (nSPS) is 15.4. The number of aromatic amines is 1. The molecule has 0 aliphatic carbocycles. The molecule has 3 heterocycles. The van der Waals surface area contributed by atoms with Gasteiger partial charge in [0, 0.05) is 47.3 Å². The lowest BCUT2D eigenvalue weighted by Gasteiger charge is -2.35. The van der Waals surface area contributed by atoms with Crippen LogP contribution in [0.3, 0.4) is 0 Å². The highest BCUT2D eigenvalue weighted by molar-refractivity contribution is 6.31. The number of ether oxygens (including phenoxy) is 2. The van der Waals surface area contributed by atoms with E-state index in [0.717, 1.165) is 47.3 Å². The van der Waals surface area contributed by atoms with Crippen LogP contribution in [0.1, 0.15) is 36.2 Å². The molecule has 0 bridgehead atoms. The van der Waals surface area contributed by atoms with Crippen LogP contribution in [0, 0.1) is 0 Å². The predicted molar refractivity (Wildman–Crippen MR) is 129 cm³/mol. The second kappa shape index (κ2) is 9.77. The Morgan fingerprint density at radius 3 is 2.85 bits per heavy atom. The molecule has 0 fully saturated rings. The van der Waals surface area contributed by atoms with E-state index in [2.05, 4.69) is 15.3 Å². The summed E-state index contributed by atoms with van der Waals surface area (Å²) in [5, 5.41) is 9.56. The lowest BCUT2D eigenvalue weighted by atomic mass is 9.92. The van der Waals surface area contributed by atoms with Crippen molar-refractivity contribution in [2.75, 3.05) is 19.8 Å². The third kappa shape index (κ3) is 4.46. The van der Waals surface area contributed by atoms with Crippen LogP contribution in [0.25, 0.3) is 10.9 Å². The molecule has 0 saturated heterocycles. The molecule has 1 N–H and O–H groups in total. The number of hydrogen-bond donors (Lipinski definition) is 1. The number of carbonyl (C=O) groups is 1. The maximum Gasteiger partial charge on any atom is 0.410 e. The molecule has 0 spiro atoms. The Kier molecular flexibility index (Phi) is 6.40. The molecular weight excluding hydrogens is 454 g/mol. The van der Waals surface area contributed by atoms with E-state index in [9.17, 15) is 4.79 Å². The Balaban J connectivity index is 1.39. The summed E-state index contributed by atoms with van der Waals surface area (Å²) in [7, 11) is 0. The molecule has 2 aromatic carbocycles. The van der Waals surface area contributed by atoms with Gasteiger partial charge in [-0.05, 0) is 54.8 Å². The molecule has 5 rings (SSSR count). The van der Waals surface area contributed by atoms with Crippen molar-refractivity contribution in [1.29, 1.82) is 0 Å². The Morgan fingerprint density at radius 2 is 2.09 bits per heavy atom. The van der Waals surface area contributed by atoms with Gasteiger partial charge in [-0.3, -0.25) is 9.58 Å². The first-order chi connectivity index (χ1) is 16.6. The maximum atomic E-state index is 12.8. The molecule has 0 saturated carbocycles. The highest BCUT2D eigenvalue weighted by Gasteiger charge is 2.35. The minimum Gasteiger partial charge on any atom is -0.494 e. The van der Waals surface area contributed by atoms with Crippen molar-refractivity contribution in [1.82, 2.24) is 24.9 Å². The second-order valence-electron chi connectivity index (χ2n) is 8.19. The minimum absolute atomic E-state index is 0.282. The summed E-state index contributed by atoms with van der Waals surface area (Å²) in [6.07, 6.45) is 4.74. The molecule has 9 heteroatoms.